The molecule has 6 nitrogen and oxygen atoms in total. The zero-order valence-corrected chi connectivity index (χ0v) is 20.2. The van der Waals surface area contributed by atoms with Crippen molar-refractivity contribution in [3.8, 4) is 0 Å². The molecule has 6 heteroatoms. The van der Waals surface area contributed by atoms with Gasteiger partial charge in [0.2, 0.25) is 5.41 Å². The maximum absolute atomic E-state index is 12.4. The third kappa shape index (κ3) is 13.8. The minimum Gasteiger partial charge on any atom is -0.465 e. The van der Waals surface area contributed by atoms with Crippen molar-refractivity contribution in [3.63, 3.8) is 0 Å². The third-order valence-electron chi connectivity index (χ3n) is 5.78. The minimum absolute atomic E-state index is 0.181. The first-order valence-corrected chi connectivity index (χ1v) is 12.6. The van der Waals surface area contributed by atoms with Gasteiger partial charge in [0.25, 0.3) is 0 Å². The Hall–Kier alpha value is -1.14. The van der Waals surface area contributed by atoms with Gasteiger partial charge in [-0.3, -0.25) is 9.59 Å². The van der Waals surface area contributed by atoms with Crippen molar-refractivity contribution >= 4 is 11.9 Å². The van der Waals surface area contributed by atoms with E-state index in [2.05, 4.69) is 13.8 Å². The number of rotatable bonds is 22. The van der Waals surface area contributed by atoms with Crippen LogP contribution in [-0.4, -0.2) is 48.6 Å². The predicted octanol–water partition coefficient (Wildman–Crippen LogP) is 5.33. The first kappa shape index (κ1) is 29.9. The lowest BCUT2D eigenvalue weighted by molar-refractivity contribution is -0.179. The Morgan fingerprint density at radius 3 is 1.13 bits per heavy atom. The average Bonchev–Trinajstić information content (AvgIpc) is 2.78. The molecule has 0 bridgehead atoms. The highest BCUT2D eigenvalue weighted by molar-refractivity contribution is 6.00. The van der Waals surface area contributed by atoms with Crippen molar-refractivity contribution in [2.24, 2.45) is 5.41 Å². The standard InChI is InChI=1S/C25H48O6/c1-3-5-7-9-11-13-15-17-19-30-23(28)25(21-26,22-27)24(29)31-20-18-16-14-12-10-8-6-4-2/h26-27H,3-22H2,1-2H3. The van der Waals surface area contributed by atoms with Crippen LogP contribution in [0, 0.1) is 5.41 Å². The van der Waals surface area contributed by atoms with Crippen molar-refractivity contribution < 1.29 is 29.3 Å². The number of hydrogen-bond acceptors (Lipinski definition) is 6. The number of hydrogen-bond donors (Lipinski definition) is 2. The van der Waals surface area contributed by atoms with Crippen LogP contribution in [0.5, 0.6) is 0 Å². The summed E-state index contributed by atoms with van der Waals surface area (Å²) in [6.07, 6.45) is 17.9. The van der Waals surface area contributed by atoms with Gasteiger partial charge in [-0.15, -0.1) is 0 Å². The molecule has 0 aliphatic carbocycles. The molecular weight excluding hydrogens is 396 g/mol. The largest absolute Gasteiger partial charge is 0.465 e. The molecule has 2 N–H and O–H groups in total. The highest BCUT2D eigenvalue weighted by atomic mass is 16.6. The lowest BCUT2D eigenvalue weighted by Gasteiger charge is -2.25. The van der Waals surface area contributed by atoms with E-state index in [-0.39, 0.29) is 13.2 Å². The van der Waals surface area contributed by atoms with Crippen molar-refractivity contribution in [2.75, 3.05) is 26.4 Å². The monoisotopic (exact) mass is 444 g/mol. The van der Waals surface area contributed by atoms with E-state index in [4.69, 9.17) is 9.47 Å². The Morgan fingerprint density at radius 1 is 0.548 bits per heavy atom. The SMILES string of the molecule is CCCCCCCCCCOC(=O)C(CO)(CO)C(=O)OCCCCCCCCCC. The van der Waals surface area contributed by atoms with E-state index in [0.29, 0.717) is 12.8 Å². The fourth-order valence-electron chi connectivity index (χ4n) is 3.47. The first-order chi connectivity index (χ1) is 15.1. The van der Waals surface area contributed by atoms with E-state index in [1.54, 1.807) is 0 Å². The third-order valence-corrected chi connectivity index (χ3v) is 5.78. The van der Waals surface area contributed by atoms with Gasteiger partial charge in [-0.05, 0) is 12.8 Å². The number of ether oxygens (including phenoxy) is 2. The molecule has 0 aromatic heterocycles. The zero-order valence-electron chi connectivity index (χ0n) is 20.2. The molecule has 0 aromatic carbocycles. The van der Waals surface area contributed by atoms with Crippen LogP contribution in [0.1, 0.15) is 117 Å². The number of aliphatic hydroxyl groups excluding tert-OH is 2. The Kier molecular flexibility index (Phi) is 20.0. The van der Waals surface area contributed by atoms with Gasteiger partial charge < -0.3 is 19.7 Å². The molecule has 0 aromatic rings. The van der Waals surface area contributed by atoms with Gasteiger partial charge in [-0.2, -0.15) is 0 Å². The maximum atomic E-state index is 12.4. The predicted molar refractivity (Wildman–Crippen MR) is 124 cm³/mol. The Morgan fingerprint density at radius 2 is 0.839 bits per heavy atom. The number of unbranched alkanes of at least 4 members (excludes halogenated alkanes) is 14. The second kappa shape index (κ2) is 20.7. The first-order valence-electron chi connectivity index (χ1n) is 12.6. The molecule has 0 radical (unpaired) electrons. The van der Waals surface area contributed by atoms with E-state index in [1.165, 1.54) is 64.2 Å². The summed E-state index contributed by atoms with van der Waals surface area (Å²) in [5, 5.41) is 19.3. The van der Waals surface area contributed by atoms with Gasteiger partial charge in [-0.1, -0.05) is 104 Å². The van der Waals surface area contributed by atoms with E-state index in [1.807, 2.05) is 0 Å². The van der Waals surface area contributed by atoms with Crippen LogP contribution in [0.3, 0.4) is 0 Å². The fourth-order valence-corrected chi connectivity index (χ4v) is 3.47. The molecule has 0 amide bonds. The van der Waals surface area contributed by atoms with Gasteiger partial charge in [0.15, 0.2) is 0 Å². The summed E-state index contributed by atoms with van der Waals surface area (Å²) < 4.78 is 10.4. The molecule has 0 saturated carbocycles. The van der Waals surface area contributed by atoms with Crippen LogP contribution in [0.2, 0.25) is 0 Å². The molecule has 184 valence electrons. The van der Waals surface area contributed by atoms with Gasteiger partial charge in [0.05, 0.1) is 26.4 Å². The smallest absolute Gasteiger partial charge is 0.328 e. The molecule has 0 saturated heterocycles. The van der Waals surface area contributed by atoms with Gasteiger partial charge in [0, 0.05) is 0 Å². The topological polar surface area (TPSA) is 93.1 Å². The van der Waals surface area contributed by atoms with Gasteiger partial charge >= 0.3 is 11.9 Å². The van der Waals surface area contributed by atoms with Crippen molar-refractivity contribution in [1.29, 1.82) is 0 Å². The van der Waals surface area contributed by atoms with Crippen LogP contribution in [0.15, 0.2) is 0 Å². The Labute approximate surface area is 190 Å². The minimum atomic E-state index is -2.03. The van der Waals surface area contributed by atoms with Crippen LogP contribution in [-0.2, 0) is 19.1 Å². The lowest BCUT2D eigenvalue weighted by atomic mass is 9.90. The van der Waals surface area contributed by atoms with E-state index < -0.39 is 30.6 Å². The number of aliphatic hydroxyl groups is 2. The summed E-state index contributed by atoms with van der Waals surface area (Å²) in [5.41, 5.74) is -2.03. The summed E-state index contributed by atoms with van der Waals surface area (Å²) >= 11 is 0. The second-order valence-electron chi connectivity index (χ2n) is 8.62. The Balaban J connectivity index is 4.07. The van der Waals surface area contributed by atoms with Crippen LogP contribution >= 0.6 is 0 Å². The summed E-state index contributed by atoms with van der Waals surface area (Å²) in [7, 11) is 0. The quantitative estimate of drug-likeness (QED) is 0.133. The number of carbonyl (C=O) groups is 2. The molecule has 0 heterocycles. The highest BCUT2D eigenvalue weighted by Crippen LogP contribution is 2.21. The van der Waals surface area contributed by atoms with Crippen LogP contribution in [0.25, 0.3) is 0 Å². The second-order valence-corrected chi connectivity index (χ2v) is 8.62. The molecule has 0 spiro atoms. The van der Waals surface area contributed by atoms with Crippen LogP contribution in [0.4, 0.5) is 0 Å². The molecule has 0 aliphatic rings. The highest BCUT2D eigenvalue weighted by Gasteiger charge is 2.48. The van der Waals surface area contributed by atoms with Crippen molar-refractivity contribution in [2.45, 2.75) is 117 Å². The summed E-state index contributed by atoms with van der Waals surface area (Å²) in [6, 6.07) is 0. The van der Waals surface area contributed by atoms with Gasteiger partial charge in [-0.25, -0.2) is 0 Å². The molecule has 0 rings (SSSR count). The Bertz CT molecular complexity index is 398. The average molecular weight is 445 g/mol. The summed E-state index contributed by atoms with van der Waals surface area (Å²) in [4.78, 5) is 24.8. The van der Waals surface area contributed by atoms with Crippen molar-refractivity contribution in [3.05, 3.63) is 0 Å². The van der Waals surface area contributed by atoms with E-state index in [9.17, 15) is 19.8 Å². The van der Waals surface area contributed by atoms with E-state index >= 15 is 0 Å². The zero-order chi connectivity index (χ0) is 23.2. The van der Waals surface area contributed by atoms with E-state index in [0.717, 1.165) is 25.7 Å². The fraction of sp³-hybridized carbons (Fsp3) is 0.920. The molecular formula is C25H48O6. The molecule has 0 aliphatic heterocycles. The lowest BCUT2D eigenvalue weighted by Crippen LogP contribution is -2.48. The molecule has 31 heavy (non-hydrogen) atoms. The molecule has 0 atom stereocenters. The number of carbonyl (C=O) groups excluding carboxylic acids is 2. The summed E-state index contributed by atoms with van der Waals surface area (Å²) in [5.74, 6) is -1.80. The molecule has 0 fully saturated rings. The number of esters is 2. The normalized spacial score (nSPS) is 11.5. The van der Waals surface area contributed by atoms with Gasteiger partial charge in [0.1, 0.15) is 0 Å². The molecule has 0 unspecified atom stereocenters. The van der Waals surface area contributed by atoms with Crippen LogP contribution < -0.4 is 0 Å². The van der Waals surface area contributed by atoms with Crippen molar-refractivity contribution in [1.82, 2.24) is 0 Å². The summed E-state index contributed by atoms with van der Waals surface area (Å²) in [6.45, 7) is 3.10. The maximum Gasteiger partial charge on any atom is 0.328 e.